The molecule has 2 nitrogen and oxygen atoms in total. The Hall–Kier alpha value is -2.09. The van der Waals surface area contributed by atoms with Gasteiger partial charge in [-0.15, -0.1) is 0 Å². The number of ether oxygens (including phenoxy) is 1. The molecule has 108 valence electrons. The minimum Gasteiger partial charge on any atom is -0.461 e. The van der Waals surface area contributed by atoms with E-state index in [-0.39, 0.29) is 17.5 Å². The van der Waals surface area contributed by atoms with Gasteiger partial charge in [-0.1, -0.05) is 60.7 Å². The number of carbonyl (C=O) groups is 1. The number of rotatable bonds is 3. The fraction of sp³-hybridized carbons (Fsp3) is 0.316. The van der Waals surface area contributed by atoms with E-state index in [9.17, 15) is 4.79 Å². The van der Waals surface area contributed by atoms with Crippen LogP contribution in [0.15, 0.2) is 60.7 Å². The average molecular weight is 280 g/mol. The van der Waals surface area contributed by atoms with Crippen LogP contribution in [0.25, 0.3) is 0 Å². The third kappa shape index (κ3) is 2.46. The van der Waals surface area contributed by atoms with E-state index in [0.717, 1.165) is 19.3 Å². The van der Waals surface area contributed by atoms with Crippen LogP contribution in [-0.2, 0) is 14.9 Å². The molecule has 0 aromatic heterocycles. The van der Waals surface area contributed by atoms with Gasteiger partial charge in [0.1, 0.15) is 6.10 Å². The molecule has 0 radical (unpaired) electrons. The van der Waals surface area contributed by atoms with E-state index in [2.05, 4.69) is 48.5 Å². The highest BCUT2D eigenvalue weighted by molar-refractivity contribution is 5.66. The quantitative estimate of drug-likeness (QED) is 0.792. The molecule has 0 heterocycles. The van der Waals surface area contributed by atoms with Gasteiger partial charge in [0.15, 0.2) is 0 Å². The maximum atomic E-state index is 11.5. The Morgan fingerprint density at radius 2 is 1.52 bits per heavy atom. The van der Waals surface area contributed by atoms with Crippen LogP contribution < -0.4 is 0 Å². The Kier molecular flexibility index (Phi) is 3.78. The van der Waals surface area contributed by atoms with Crippen LogP contribution in [0.2, 0.25) is 0 Å². The summed E-state index contributed by atoms with van der Waals surface area (Å²) in [5.74, 6) is -0.196. The molecule has 1 saturated carbocycles. The van der Waals surface area contributed by atoms with E-state index in [1.165, 1.54) is 18.1 Å². The fourth-order valence-corrected chi connectivity index (χ4v) is 3.63. The highest BCUT2D eigenvalue weighted by Crippen LogP contribution is 2.47. The zero-order valence-corrected chi connectivity index (χ0v) is 12.3. The molecule has 2 heteroatoms. The Balaban J connectivity index is 2.13. The van der Waals surface area contributed by atoms with Gasteiger partial charge in [0.05, 0.1) is 5.41 Å². The van der Waals surface area contributed by atoms with Crippen molar-refractivity contribution in [2.45, 2.75) is 37.7 Å². The summed E-state index contributed by atoms with van der Waals surface area (Å²) in [4.78, 5) is 11.5. The van der Waals surface area contributed by atoms with Crippen molar-refractivity contribution in [3.63, 3.8) is 0 Å². The van der Waals surface area contributed by atoms with Crippen molar-refractivity contribution < 1.29 is 9.53 Å². The maximum Gasteiger partial charge on any atom is 0.302 e. The third-order valence-corrected chi connectivity index (χ3v) is 4.47. The number of carbonyl (C=O) groups excluding carboxylic acids is 1. The first-order valence-corrected chi connectivity index (χ1v) is 7.52. The van der Waals surface area contributed by atoms with Crippen LogP contribution in [0.3, 0.4) is 0 Å². The van der Waals surface area contributed by atoms with Gasteiger partial charge >= 0.3 is 5.97 Å². The lowest BCUT2D eigenvalue weighted by atomic mass is 9.71. The molecule has 2 aromatic carbocycles. The van der Waals surface area contributed by atoms with Gasteiger partial charge < -0.3 is 4.74 Å². The van der Waals surface area contributed by atoms with Crippen molar-refractivity contribution in [2.75, 3.05) is 0 Å². The van der Waals surface area contributed by atoms with Crippen LogP contribution in [0.1, 0.15) is 37.3 Å². The second kappa shape index (κ2) is 5.72. The van der Waals surface area contributed by atoms with E-state index < -0.39 is 0 Å². The number of hydrogen-bond acceptors (Lipinski definition) is 2. The van der Waals surface area contributed by atoms with Crippen molar-refractivity contribution >= 4 is 5.97 Å². The smallest absolute Gasteiger partial charge is 0.302 e. The second-order valence-electron chi connectivity index (χ2n) is 5.69. The molecule has 0 aliphatic heterocycles. The van der Waals surface area contributed by atoms with Crippen LogP contribution in [-0.4, -0.2) is 12.1 Å². The monoisotopic (exact) mass is 280 g/mol. The fourth-order valence-electron chi connectivity index (χ4n) is 3.63. The summed E-state index contributed by atoms with van der Waals surface area (Å²) in [5.41, 5.74) is 2.26. The van der Waals surface area contributed by atoms with Crippen LogP contribution in [0, 0.1) is 0 Å². The molecule has 3 rings (SSSR count). The Bertz CT molecular complexity index is 564. The van der Waals surface area contributed by atoms with E-state index >= 15 is 0 Å². The minimum atomic E-state index is -0.214. The lowest BCUT2D eigenvalue weighted by molar-refractivity contribution is -0.148. The largest absolute Gasteiger partial charge is 0.461 e. The van der Waals surface area contributed by atoms with Crippen LogP contribution in [0.4, 0.5) is 0 Å². The first kappa shape index (κ1) is 13.9. The average Bonchev–Trinajstić information content (AvgIpc) is 2.93. The lowest BCUT2D eigenvalue weighted by Gasteiger charge is -2.36. The third-order valence-electron chi connectivity index (χ3n) is 4.47. The predicted octanol–water partition coefficient (Wildman–Crippen LogP) is 4.09. The van der Waals surface area contributed by atoms with E-state index in [1.807, 2.05) is 12.1 Å². The van der Waals surface area contributed by atoms with Crippen LogP contribution in [0.5, 0.6) is 0 Å². The molecule has 0 saturated heterocycles. The van der Waals surface area contributed by atoms with Crippen molar-refractivity contribution in [1.29, 1.82) is 0 Å². The molecule has 1 atom stereocenters. The topological polar surface area (TPSA) is 26.3 Å². The highest BCUT2D eigenvalue weighted by Gasteiger charge is 2.47. The number of hydrogen-bond donors (Lipinski definition) is 0. The SMILES string of the molecule is CC(=O)OC1CCCC1(c1ccccc1)c1ccccc1. The molecule has 0 bridgehead atoms. The summed E-state index contributed by atoms with van der Waals surface area (Å²) in [6, 6.07) is 20.9. The Morgan fingerprint density at radius 3 is 2.00 bits per heavy atom. The van der Waals surface area contributed by atoms with Gasteiger partial charge in [-0.3, -0.25) is 4.79 Å². The molecular formula is C19H20O2. The van der Waals surface area contributed by atoms with Gasteiger partial charge in [0, 0.05) is 6.92 Å². The standard InChI is InChI=1S/C19H20O2/c1-15(20)21-18-13-8-14-19(18,16-9-4-2-5-10-16)17-11-6-3-7-12-17/h2-7,9-12,18H,8,13-14H2,1H3. The summed E-state index contributed by atoms with van der Waals surface area (Å²) >= 11 is 0. The van der Waals surface area contributed by atoms with Crippen molar-refractivity contribution in [3.8, 4) is 0 Å². The Morgan fingerprint density at radius 1 is 1.00 bits per heavy atom. The molecule has 21 heavy (non-hydrogen) atoms. The molecular weight excluding hydrogens is 260 g/mol. The highest BCUT2D eigenvalue weighted by atomic mass is 16.5. The summed E-state index contributed by atoms with van der Waals surface area (Å²) in [7, 11) is 0. The van der Waals surface area contributed by atoms with E-state index in [4.69, 9.17) is 4.74 Å². The van der Waals surface area contributed by atoms with Gasteiger partial charge in [-0.05, 0) is 30.4 Å². The van der Waals surface area contributed by atoms with Crippen molar-refractivity contribution in [2.24, 2.45) is 0 Å². The molecule has 0 amide bonds. The molecule has 1 unspecified atom stereocenters. The first-order chi connectivity index (χ1) is 10.2. The van der Waals surface area contributed by atoms with Gasteiger partial charge in [-0.2, -0.15) is 0 Å². The molecule has 0 N–H and O–H groups in total. The summed E-state index contributed by atoms with van der Waals surface area (Å²) in [6.45, 7) is 1.50. The molecule has 0 spiro atoms. The molecule has 1 aliphatic carbocycles. The molecule has 2 aromatic rings. The van der Waals surface area contributed by atoms with Crippen molar-refractivity contribution in [1.82, 2.24) is 0 Å². The molecule has 1 aliphatic rings. The predicted molar refractivity (Wildman–Crippen MR) is 83.1 cm³/mol. The maximum absolute atomic E-state index is 11.5. The first-order valence-electron chi connectivity index (χ1n) is 7.52. The normalized spacial score (nSPS) is 20.1. The Labute approximate surface area is 125 Å². The van der Waals surface area contributed by atoms with Gasteiger partial charge in [0.2, 0.25) is 0 Å². The van der Waals surface area contributed by atoms with Crippen molar-refractivity contribution in [3.05, 3.63) is 71.8 Å². The zero-order chi connectivity index (χ0) is 14.7. The van der Waals surface area contributed by atoms with Crippen LogP contribution >= 0.6 is 0 Å². The number of esters is 1. The minimum absolute atomic E-state index is 0.0835. The van der Waals surface area contributed by atoms with E-state index in [1.54, 1.807) is 0 Å². The summed E-state index contributed by atoms with van der Waals surface area (Å²) in [6.07, 6.45) is 2.92. The molecule has 1 fully saturated rings. The number of benzene rings is 2. The zero-order valence-electron chi connectivity index (χ0n) is 12.3. The van der Waals surface area contributed by atoms with Gasteiger partial charge in [-0.25, -0.2) is 0 Å². The summed E-state index contributed by atoms with van der Waals surface area (Å²) < 4.78 is 5.70. The van der Waals surface area contributed by atoms with E-state index in [0.29, 0.717) is 0 Å². The second-order valence-corrected chi connectivity index (χ2v) is 5.69. The van der Waals surface area contributed by atoms with Gasteiger partial charge in [0.25, 0.3) is 0 Å². The lowest BCUT2D eigenvalue weighted by Crippen LogP contribution is -2.38. The summed E-state index contributed by atoms with van der Waals surface area (Å²) in [5, 5.41) is 0.